The second-order valence-electron chi connectivity index (χ2n) is 8.07. The monoisotopic (exact) mass is 463 g/mol. The summed E-state index contributed by atoms with van der Waals surface area (Å²) in [6, 6.07) is 20.2. The molecule has 1 unspecified atom stereocenters. The van der Waals surface area contributed by atoms with Crippen LogP contribution in [0.5, 0.6) is 5.75 Å². The Morgan fingerprint density at radius 1 is 1.09 bits per heavy atom. The van der Waals surface area contributed by atoms with Crippen LogP contribution in [0.2, 0.25) is 5.02 Å². The van der Waals surface area contributed by atoms with E-state index in [-0.39, 0.29) is 17.7 Å². The van der Waals surface area contributed by atoms with Crippen molar-refractivity contribution in [1.82, 2.24) is 15.2 Å². The molecule has 2 amide bonds. The zero-order valence-corrected chi connectivity index (χ0v) is 19.0. The summed E-state index contributed by atoms with van der Waals surface area (Å²) in [5, 5.41) is 3.61. The van der Waals surface area contributed by atoms with E-state index in [0.29, 0.717) is 36.8 Å². The highest BCUT2D eigenvalue weighted by atomic mass is 35.5. The van der Waals surface area contributed by atoms with E-state index in [2.05, 4.69) is 10.3 Å². The van der Waals surface area contributed by atoms with Gasteiger partial charge in [0, 0.05) is 36.4 Å². The summed E-state index contributed by atoms with van der Waals surface area (Å²) in [6.45, 7) is 1.86. The predicted octanol–water partition coefficient (Wildman–Crippen LogP) is 4.48. The van der Waals surface area contributed by atoms with Crippen LogP contribution in [0, 0.1) is 5.92 Å². The van der Waals surface area contributed by atoms with Crippen LogP contribution in [0.1, 0.15) is 34.5 Å². The topological polar surface area (TPSA) is 71.5 Å². The number of nitrogens with one attached hydrogen (secondary N) is 1. The number of nitrogens with zero attached hydrogens (tertiary/aromatic N) is 2. The van der Waals surface area contributed by atoms with Gasteiger partial charge in [-0.2, -0.15) is 0 Å². The standard InChI is InChI=1S/C26H26ClN3O3/c27-22-11-9-20(10-12-22)26(32)30-14-4-6-21(17-30)25(31)29-16-19-5-3-8-24(15-19)33-18-23-7-1-2-13-28-23/h1-3,5,7-13,15,21H,4,6,14,16-18H2,(H,29,31). The van der Waals surface area contributed by atoms with Gasteiger partial charge in [-0.25, -0.2) is 0 Å². The number of piperidine rings is 1. The molecule has 0 radical (unpaired) electrons. The second-order valence-corrected chi connectivity index (χ2v) is 8.51. The van der Waals surface area contributed by atoms with Gasteiger partial charge in [0.05, 0.1) is 11.6 Å². The Kier molecular flexibility index (Phi) is 7.58. The number of ether oxygens (including phenoxy) is 1. The first-order chi connectivity index (χ1) is 16.1. The van der Waals surface area contributed by atoms with Crippen LogP contribution in [-0.4, -0.2) is 34.8 Å². The molecule has 0 spiro atoms. The maximum atomic E-state index is 12.8. The minimum Gasteiger partial charge on any atom is -0.487 e. The minimum atomic E-state index is -0.224. The predicted molar refractivity (Wildman–Crippen MR) is 127 cm³/mol. The molecular formula is C26H26ClN3O3. The number of halogens is 1. The molecule has 7 heteroatoms. The van der Waals surface area contributed by atoms with Gasteiger partial charge in [-0.15, -0.1) is 0 Å². The Morgan fingerprint density at radius 2 is 1.94 bits per heavy atom. The summed E-state index contributed by atoms with van der Waals surface area (Å²) in [6.07, 6.45) is 3.30. The summed E-state index contributed by atoms with van der Waals surface area (Å²) >= 11 is 5.92. The highest BCUT2D eigenvalue weighted by Gasteiger charge is 2.28. The van der Waals surface area contributed by atoms with E-state index < -0.39 is 0 Å². The lowest BCUT2D eigenvalue weighted by atomic mass is 9.96. The lowest BCUT2D eigenvalue weighted by molar-refractivity contribution is -0.126. The van der Waals surface area contributed by atoms with Crippen LogP contribution in [0.3, 0.4) is 0 Å². The van der Waals surface area contributed by atoms with Gasteiger partial charge >= 0.3 is 0 Å². The van der Waals surface area contributed by atoms with Crippen LogP contribution >= 0.6 is 11.6 Å². The van der Waals surface area contributed by atoms with Crippen molar-refractivity contribution in [3.63, 3.8) is 0 Å². The normalized spacial score (nSPS) is 15.7. The van der Waals surface area contributed by atoms with Crippen LogP contribution < -0.4 is 10.1 Å². The third-order valence-corrected chi connectivity index (χ3v) is 5.90. The van der Waals surface area contributed by atoms with Crippen molar-refractivity contribution in [3.05, 3.63) is 94.8 Å². The number of hydrogen-bond acceptors (Lipinski definition) is 4. The van der Waals surface area contributed by atoms with Crippen molar-refractivity contribution in [2.45, 2.75) is 26.0 Å². The maximum Gasteiger partial charge on any atom is 0.253 e. The number of likely N-dealkylation sites (tertiary alicyclic amines) is 1. The van der Waals surface area contributed by atoms with Crippen molar-refractivity contribution >= 4 is 23.4 Å². The Bertz CT molecular complexity index is 1090. The molecule has 1 N–H and O–H groups in total. The molecule has 1 aliphatic heterocycles. The quantitative estimate of drug-likeness (QED) is 0.560. The lowest BCUT2D eigenvalue weighted by Crippen LogP contribution is -2.45. The number of rotatable bonds is 7. The molecule has 2 heterocycles. The first-order valence-electron chi connectivity index (χ1n) is 11.0. The van der Waals surface area contributed by atoms with Gasteiger partial charge in [-0.1, -0.05) is 29.8 Å². The molecule has 0 saturated carbocycles. The summed E-state index contributed by atoms with van der Waals surface area (Å²) in [5.41, 5.74) is 2.39. The molecule has 170 valence electrons. The number of benzene rings is 2. The van der Waals surface area contributed by atoms with Crippen molar-refractivity contribution in [2.75, 3.05) is 13.1 Å². The molecule has 1 aliphatic rings. The minimum absolute atomic E-state index is 0.0385. The summed E-state index contributed by atoms with van der Waals surface area (Å²) in [5.74, 6) is 0.397. The van der Waals surface area contributed by atoms with Gasteiger partial charge in [0.2, 0.25) is 5.91 Å². The number of pyridine rings is 1. The average molecular weight is 464 g/mol. The smallest absolute Gasteiger partial charge is 0.253 e. The van der Waals surface area contributed by atoms with Gasteiger partial charge in [0.25, 0.3) is 5.91 Å². The maximum absolute atomic E-state index is 12.8. The summed E-state index contributed by atoms with van der Waals surface area (Å²) in [7, 11) is 0. The number of hydrogen-bond donors (Lipinski definition) is 1. The van der Waals surface area contributed by atoms with Crippen LogP contribution in [0.25, 0.3) is 0 Å². The van der Waals surface area contributed by atoms with Gasteiger partial charge in [0.1, 0.15) is 12.4 Å². The van der Waals surface area contributed by atoms with E-state index in [1.54, 1.807) is 35.4 Å². The van der Waals surface area contributed by atoms with Crippen molar-refractivity contribution in [1.29, 1.82) is 0 Å². The molecule has 1 atom stereocenters. The molecular weight excluding hydrogens is 438 g/mol. The van der Waals surface area contributed by atoms with E-state index in [1.165, 1.54) is 0 Å². The average Bonchev–Trinajstić information content (AvgIpc) is 2.87. The van der Waals surface area contributed by atoms with Gasteiger partial charge in [-0.3, -0.25) is 14.6 Å². The number of carbonyl (C=O) groups excluding carboxylic acids is 2. The fourth-order valence-electron chi connectivity index (χ4n) is 3.87. The largest absolute Gasteiger partial charge is 0.487 e. The van der Waals surface area contributed by atoms with Crippen LogP contribution in [0.4, 0.5) is 0 Å². The molecule has 1 fully saturated rings. The molecule has 1 aromatic heterocycles. The van der Waals surface area contributed by atoms with E-state index in [9.17, 15) is 9.59 Å². The SMILES string of the molecule is O=C(NCc1cccc(OCc2ccccn2)c1)C1CCCN(C(=O)c2ccc(Cl)cc2)C1. The summed E-state index contributed by atoms with van der Waals surface area (Å²) in [4.78, 5) is 31.6. The third kappa shape index (κ3) is 6.33. The Labute approximate surface area is 198 Å². The Morgan fingerprint density at radius 3 is 2.73 bits per heavy atom. The fraction of sp³-hybridized carbons (Fsp3) is 0.269. The molecule has 3 aromatic rings. The Hall–Kier alpha value is -3.38. The van der Waals surface area contributed by atoms with Crippen molar-refractivity contribution in [3.8, 4) is 5.75 Å². The molecule has 0 aliphatic carbocycles. The number of aromatic nitrogens is 1. The molecule has 2 aromatic carbocycles. The van der Waals surface area contributed by atoms with Crippen LogP contribution in [-0.2, 0) is 17.9 Å². The third-order valence-electron chi connectivity index (χ3n) is 5.65. The van der Waals surface area contributed by atoms with Crippen molar-refractivity contribution in [2.24, 2.45) is 5.92 Å². The summed E-state index contributed by atoms with van der Waals surface area (Å²) < 4.78 is 5.82. The number of carbonyl (C=O) groups is 2. The van der Waals surface area contributed by atoms with Crippen molar-refractivity contribution < 1.29 is 14.3 Å². The van der Waals surface area contributed by atoms with E-state index >= 15 is 0 Å². The van der Waals surface area contributed by atoms with Crippen LogP contribution in [0.15, 0.2) is 72.9 Å². The first-order valence-corrected chi connectivity index (χ1v) is 11.4. The fourth-order valence-corrected chi connectivity index (χ4v) is 4.00. The lowest BCUT2D eigenvalue weighted by Gasteiger charge is -2.32. The van der Waals surface area contributed by atoms with Gasteiger partial charge in [-0.05, 0) is 66.9 Å². The number of amides is 2. The highest BCUT2D eigenvalue weighted by molar-refractivity contribution is 6.30. The molecule has 6 nitrogen and oxygen atoms in total. The molecule has 4 rings (SSSR count). The highest BCUT2D eigenvalue weighted by Crippen LogP contribution is 2.20. The molecule has 33 heavy (non-hydrogen) atoms. The molecule has 1 saturated heterocycles. The molecule has 0 bridgehead atoms. The zero-order chi connectivity index (χ0) is 23.0. The first kappa shape index (κ1) is 22.8. The van der Waals surface area contributed by atoms with Gasteiger partial charge in [0.15, 0.2) is 0 Å². The second kappa shape index (κ2) is 11.0. The van der Waals surface area contributed by atoms with E-state index in [0.717, 1.165) is 29.8 Å². The van der Waals surface area contributed by atoms with Gasteiger partial charge < -0.3 is 15.0 Å². The Balaban J connectivity index is 1.29. The van der Waals surface area contributed by atoms with E-state index in [4.69, 9.17) is 16.3 Å². The zero-order valence-electron chi connectivity index (χ0n) is 18.2. The van der Waals surface area contributed by atoms with E-state index in [1.807, 2.05) is 42.5 Å².